The molecule has 4 rings (SSSR count). The number of para-hydroxylation sites is 1. The third-order valence-electron chi connectivity index (χ3n) is 6.24. The first-order chi connectivity index (χ1) is 18.6. The molecule has 4 aromatic rings. The second-order valence-electron chi connectivity index (χ2n) is 9.00. The molecule has 0 unspecified atom stereocenters. The van der Waals surface area contributed by atoms with Crippen LogP contribution in [-0.4, -0.2) is 27.8 Å². The Morgan fingerprint density at radius 1 is 0.947 bits per heavy atom. The Balaban J connectivity index is 1.31. The lowest BCUT2D eigenvalue weighted by Gasteiger charge is -2.11. The molecule has 0 aliphatic heterocycles. The number of hydrogen-bond donors (Lipinski definition) is 1. The summed E-state index contributed by atoms with van der Waals surface area (Å²) in [5, 5.41) is 12.7. The SMILES string of the molecule is COc1ccccc1CNC(=O)CCCCc1nnc(SCc2cccc(F)c2)n1CCc1ccccc1. The molecular formula is C30H33FN4O2S. The van der Waals surface area contributed by atoms with Crippen molar-refractivity contribution in [2.24, 2.45) is 0 Å². The van der Waals surface area contributed by atoms with Crippen molar-refractivity contribution in [1.29, 1.82) is 0 Å². The van der Waals surface area contributed by atoms with Gasteiger partial charge in [-0.2, -0.15) is 0 Å². The lowest BCUT2D eigenvalue weighted by molar-refractivity contribution is -0.121. The summed E-state index contributed by atoms with van der Waals surface area (Å²) in [4.78, 5) is 12.4. The summed E-state index contributed by atoms with van der Waals surface area (Å²) >= 11 is 1.56. The monoisotopic (exact) mass is 532 g/mol. The second kappa shape index (κ2) is 14.3. The third kappa shape index (κ3) is 8.18. The largest absolute Gasteiger partial charge is 0.496 e. The highest BCUT2D eigenvalue weighted by Gasteiger charge is 2.14. The minimum absolute atomic E-state index is 0.0211. The van der Waals surface area contributed by atoms with Crippen molar-refractivity contribution in [3.8, 4) is 5.75 Å². The van der Waals surface area contributed by atoms with E-state index in [9.17, 15) is 9.18 Å². The molecule has 1 N–H and O–H groups in total. The molecule has 1 aromatic heterocycles. The summed E-state index contributed by atoms with van der Waals surface area (Å²) in [7, 11) is 1.63. The van der Waals surface area contributed by atoms with Crippen molar-refractivity contribution < 1.29 is 13.9 Å². The van der Waals surface area contributed by atoms with E-state index >= 15 is 0 Å². The Morgan fingerprint density at radius 3 is 2.55 bits per heavy atom. The number of carbonyl (C=O) groups is 1. The topological polar surface area (TPSA) is 69.0 Å². The number of nitrogens with zero attached hydrogens (tertiary/aromatic N) is 3. The number of halogens is 1. The molecule has 8 heteroatoms. The number of methoxy groups -OCH3 is 1. The van der Waals surface area contributed by atoms with Crippen LogP contribution in [0.4, 0.5) is 4.39 Å². The zero-order valence-electron chi connectivity index (χ0n) is 21.6. The number of hydrogen-bond acceptors (Lipinski definition) is 5. The fourth-order valence-corrected chi connectivity index (χ4v) is 5.12. The summed E-state index contributed by atoms with van der Waals surface area (Å²) in [5.74, 6) is 2.09. The molecule has 198 valence electrons. The highest BCUT2D eigenvalue weighted by molar-refractivity contribution is 7.98. The normalized spacial score (nSPS) is 10.9. The van der Waals surface area contributed by atoms with Crippen LogP contribution in [0.25, 0.3) is 0 Å². The van der Waals surface area contributed by atoms with Crippen LogP contribution in [0.2, 0.25) is 0 Å². The lowest BCUT2D eigenvalue weighted by atomic mass is 10.1. The first kappa shape index (κ1) is 27.4. The molecule has 6 nitrogen and oxygen atoms in total. The Kier molecular flexibility index (Phi) is 10.3. The molecule has 38 heavy (non-hydrogen) atoms. The van der Waals surface area contributed by atoms with Crippen LogP contribution >= 0.6 is 11.8 Å². The van der Waals surface area contributed by atoms with Crippen LogP contribution in [-0.2, 0) is 36.5 Å². The van der Waals surface area contributed by atoms with E-state index in [1.54, 1.807) is 31.0 Å². The van der Waals surface area contributed by atoms with Gasteiger partial charge in [0.25, 0.3) is 0 Å². The Bertz CT molecular complexity index is 1310. The predicted octanol–water partition coefficient (Wildman–Crippen LogP) is 5.99. The Labute approximate surface area is 227 Å². The second-order valence-corrected chi connectivity index (χ2v) is 9.94. The molecular weight excluding hydrogens is 499 g/mol. The molecule has 1 amide bonds. The number of aromatic nitrogens is 3. The number of rotatable bonds is 14. The van der Waals surface area contributed by atoms with Crippen molar-refractivity contribution in [3.05, 3.63) is 107 Å². The van der Waals surface area contributed by atoms with Gasteiger partial charge >= 0.3 is 0 Å². The minimum atomic E-state index is -0.235. The molecule has 0 spiro atoms. The van der Waals surface area contributed by atoms with E-state index in [2.05, 4.69) is 32.2 Å². The van der Waals surface area contributed by atoms with Crippen LogP contribution < -0.4 is 10.1 Å². The van der Waals surface area contributed by atoms with Gasteiger partial charge in [-0.05, 0) is 48.6 Å². The smallest absolute Gasteiger partial charge is 0.220 e. The standard InChI is InChI=1S/C30H33FN4O2S/c1-37-27-15-6-5-13-25(27)21-32-29(36)17-8-7-16-28-33-34-30(38-22-24-12-9-14-26(31)20-24)35(28)19-18-23-10-3-2-4-11-23/h2-6,9-15,20H,7-8,16-19,21-22H2,1H3,(H,32,36). The zero-order chi connectivity index (χ0) is 26.6. The maximum absolute atomic E-state index is 13.6. The number of benzene rings is 3. The summed E-state index contributed by atoms with van der Waals surface area (Å²) < 4.78 is 21.1. The third-order valence-corrected chi connectivity index (χ3v) is 7.28. The van der Waals surface area contributed by atoms with Gasteiger partial charge < -0.3 is 14.6 Å². The maximum Gasteiger partial charge on any atom is 0.220 e. The number of thioether (sulfide) groups is 1. The van der Waals surface area contributed by atoms with Crippen LogP contribution in [0.1, 0.15) is 41.8 Å². The molecule has 0 bridgehead atoms. The van der Waals surface area contributed by atoms with E-state index < -0.39 is 0 Å². The average Bonchev–Trinajstić information content (AvgIpc) is 3.34. The summed E-state index contributed by atoms with van der Waals surface area (Å²) in [6, 6.07) is 24.7. The van der Waals surface area contributed by atoms with Crippen molar-refractivity contribution in [3.63, 3.8) is 0 Å². The van der Waals surface area contributed by atoms with Gasteiger partial charge in [-0.25, -0.2) is 4.39 Å². The number of carbonyl (C=O) groups excluding carboxylic acids is 1. The molecule has 0 aliphatic carbocycles. The van der Waals surface area contributed by atoms with Crippen LogP contribution in [0.3, 0.4) is 0 Å². The lowest BCUT2D eigenvalue weighted by Crippen LogP contribution is -2.22. The van der Waals surface area contributed by atoms with Crippen molar-refractivity contribution in [2.75, 3.05) is 7.11 Å². The van der Waals surface area contributed by atoms with E-state index in [1.807, 2.05) is 48.5 Å². The highest BCUT2D eigenvalue weighted by Crippen LogP contribution is 2.24. The first-order valence-corrected chi connectivity index (χ1v) is 13.8. The van der Waals surface area contributed by atoms with Crippen LogP contribution in [0.5, 0.6) is 5.75 Å². The van der Waals surface area contributed by atoms with Gasteiger partial charge in [-0.3, -0.25) is 4.79 Å². The summed E-state index contributed by atoms with van der Waals surface area (Å²) in [5.41, 5.74) is 3.12. The van der Waals surface area contributed by atoms with Gasteiger partial charge in [0.2, 0.25) is 5.91 Å². The molecule has 0 fully saturated rings. The van der Waals surface area contributed by atoms with Gasteiger partial charge in [0, 0.05) is 37.2 Å². The number of ether oxygens (including phenoxy) is 1. The zero-order valence-corrected chi connectivity index (χ0v) is 22.4. The number of unbranched alkanes of at least 4 members (excludes halogenated alkanes) is 1. The molecule has 0 saturated carbocycles. The minimum Gasteiger partial charge on any atom is -0.496 e. The highest BCUT2D eigenvalue weighted by atomic mass is 32.2. The van der Waals surface area contributed by atoms with E-state index in [1.165, 1.54) is 11.6 Å². The van der Waals surface area contributed by atoms with E-state index in [4.69, 9.17) is 4.74 Å². The van der Waals surface area contributed by atoms with Crippen LogP contribution in [0.15, 0.2) is 84.0 Å². The number of nitrogens with one attached hydrogen (secondary N) is 1. The van der Waals surface area contributed by atoms with Crippen molar-refractivity contribution >= 4 is 17.7 Å². The first-order valence-electron chi connectivity index (χ1n) is 12.8. The van der Waals surface area contributed by atoms with Gasteiger partial charge in [0.05, 0.1) is 7.11 Å². The van der Waals surface area contributed by atoms with E-state index in [0.29, 0.717) is 18.7 Å². The molecule has 0 aliphatic rings. The molecule has 0 radical (unpaired) electrons. The van der Waals surface area contributed by atoms with Gasteiger partial charge in [-0.15, -0.1) is 10.2 Å². The molecule has 1 heterocycles. The van der Waals surface area contributed by atoms with Crippen molar-refractivity contribution in [1.82, 2.24) is 20.1 Å². The van der Waals surface area contributed by atoms with Crippen LogP contribution in [0, 0.1) is 5.82 Å². The fourth-order valence-electron chi connectivity index (χ4n) is 4.20. The summed E-state index contributed by atoms with van der Waals surface area (Å²) in [6.07, 6.45) is 3.65. The average molecular weight is 533 g/mol. The van der Waals surface area contributed by atoms with E-state index in [0.717, 1.165) is 60.1 Å². The number of aryl methyl sites for hydroxylation is 2. The summed E-state index contributed by atoms with van der Waals surface area (Å²) in [6.45, 7) is 1.21. The van der Waals surface area contributed by atoms with Gasteiger partial charge in [0.15, 0.2) is 5.16 Å². The Hall–Kier alpha value is -3.65. The molecule has 0 saturated heterocycles. The quantitative estimate of drug-likeness (QED) is 0.160. The van der Waals surface area contributed by atoms with E-state index in [-0.39, 0.29) is 11.7 Å². The fraction of sp³-hybridized carbons (Fsp3) is 0.300. The van der Waals surface area contributed by atoms with Crippen molar-refractivity contribution in [2.45, 2.75) is 56.1 Å². The number of amides is 1. The Morgan fingerprint density at radius 2 is 1.74 bits per heavy atom. The van der Waals surface area contributed by atoms with Gasteiger partial charge in [0.1, 0.15) is 17.4 Å². The molecule has 0 atom stereocenters. The molecule has 3 aromatic carbocycles. The maximum atomic E-state index is 13.6. The van der Waals surface area contributed by atoms with Gasteiger partial charge in [-0.1, -0.05) is 72.4 Å². The predicted molar refractivity (Wildman–Crippen MR) is 149 cm³/mol.